The molecule has 1 aromatic heterocycles. The number of benzene rings is 1. The molecule has 1 atom stereocenters. The zero-order valence-electron chi connectivity index (χ0n) is 15.1. The Kier molecular flexibility index (Phi) is 6.17. The van der Waals surface area contributed by atoms with Gasteiger partial charge in [0.05, 0.1) is 10.6 Å². The molecule has 0 saturated carbocycles. The number of nitrogens with zero attached hydrogens (tertiary/aromatic N) is 2. The van der Waals surface area contributed by atoms with Gasteiger partial charge in [-0.15, -0.1) is 11.8 Å². The molecule has 2 aromatic rings. The molecule has 144 valence electrons. The number of ether oxygens (including phenoxy) is 1. The van der Waals surface area contributed by atoms with Crippen molar-refractivity contribution in [2.75, 3.05) is 12.0 Å². The first-order chi connectivity index (χ1) is 12.6. The van der Waals surface area contributed by atoms with Gasteiger partial charge < -0.3 is 10.5 Å². The Hall–Kier alpha value is -2.52. The van der Waals surface area contributed by atoms with Crippen LogP contribution >= 0.6 is 23.4 Å². The SMILES string of the molecule is CSc1ccc(Cl)c(C(=O)O[C@H](C)C(=O)c2c(N)n(C)c(=O)n(C)c2=O)c1. The fourth-order valence-electron chi connectivity index (χ4n) is 2.36. The van der Waals surface area contributed by atoms with E-state index in [9.17, 15) is 19.2 Å². The van der Waals surface area contributed by atoms with Crippen LogP contribution in [-0.4, -0.2) is 33.2 Å². The van der Waals surface area contributed by atoms with Gasteiger partial charge in [-0.2, -0.15) is 0 Å². The molecule has 1 aromatic carbocycles. The van der Waals surface area contributed by atoms with Gasteiger partial charge in [-0.3, -0.25) is 18.7 Å². The molecule has 0 bridgehead atoms. The van der Waals surface area contributed by atoms with Crippen LogP contribution in [0.25, 0.3) is 0 Å². The molecule has 0 aliphatic heterocycles. The fourth-order valence-corrected chi connectivity index (χ4v) is 2.99. The number of carbonyl (C=O) groups excluding carboxylic acids is 2. The first-order valence-electron chi connectivity index (χ1n) is 7.74. The highest BCUT2D eigenvalue weighted by Crippen LogP contribution is 2.24. The van der Waals surface area contributed by atoms with E-state index in [1.165, 1.54) is 32.8 Å². The van der Waals surface area contributed by atoms with Gasteiger partial charge in [0.1, 0.15) is 11.4 Å². The summed E-state index contributed by atoms with van der Waals surface area (Å²) in [4.78, 5) is 50.0. The predicted octanol–water partition coefficient (Wildman–Crippen LogP) is 1.47. The van der Waals surface area contributed by atoms with Crippen molar-refractivity contribution in [1.82, 2.24) is 9.13 Å². The van der Waals surface area contributed by atoms with Gasteiger partial charge in [-0.05, 0) is 31.4 Å². The van der Waals surface area contributed by atoms with Crippen molar-refractivity contribution in [3.63, 3.8) is 0 Å². The summed E-state index contributed by atoms with van der Waals surface area (Å²) in [6.07, 6.45) is 0.530. The van der Waals surface area contributed by atoms with E-state index in [1.54, 1.807) is 18.2 Å². The Balaban J connectivity index is 2.36. The van der Waals surface area contributed by atoms with Crippen LogP contribution in [0.5, 0.6) is 0 Å². The van der Waals surface area contributed by atoms with Gasteiger partial charge in [0, 0.05) is 19.0 Å². The second-order valence-corrected chi connectivity index (χ2v) is 7.01. The number of nitrogens with two attached hydrogens (primary N) is 1. The smallest absolute Gasteiger partial charge is 0.340 e. The summed E-state index contributed by atoms with van der Waals surface area (Å²) in [5, 5.41) is 0.176. The van der Waals surface area contributed by atoms with E-state index >= 15 is 0 Å². The van der Waals surface area contributed by atoms with Crippen molar-refractivity contribution in [3.8, 4) is 0 Å². The molecule has 2 N–H and O–H groups in total. The third-order valence-electron chi connectivity index (χ3n) is 4.00. The molecule has 0 saturated heterocycles. The topological polar surface area (TPSA) is 113 Å². The van der Waals surface area contributed by atoms with Crippen LogP contribution in [0.15, 0.2) is 32.7 Å². The van der Waals surface area contributed by atoms with Crippen LogP contribution in [0.1, 0.15) is 27.6 Å². The maximum absolute atomic E-state index is 12.7. The molecule has 27 heavy (non-hydrogen) atoms. The number of nitrogen functional groups attached to an aromatic ring is 1. The summed E-state index contributed by atoms with van der Waals surface area (Å²) in [5.41, 5.74) is 3.93. The monoisotopic (exact) mass is 411 g/mol. The first-order valence-corrected chi connectivity index (χ1v) is 9.34. The molecule has 0 fully saturated rings. The summed E-state index contributed by atoms with van der Waals surface area (Å²) in [6.45, 7) is 1.32. The van der Waals surface area contributed by atoms with Crippen molar-refractivity contribution in [1.29, 1.82) is 0 Å². The number of halogens is 1. The molecule has 0 aliphatic carbocycles. The molecule has 2 rings (SSSR count). The molecule has 0 spiro atoms. The number of hydrogen-bond donors (Lipinski definition) is 1. The van der Waals surface area contributed by atoms with E-state index in [0.29, 0.717) is 0 Å². The number of Topliss-reactive ketones (excluding diaryl/α,β-unsaturated/α-hetero) is 1. The minimum atomic E-state index is -1.31. The number of aromatic nitrogens is 2. The standard InChI is InChI=1S/C17H18ClN3O5S/c1-8(26-16(24)10-7-9(27-4)5-6-11(10)18)13(22)12-14(19)20(2)17(25)21(3)15(12)23/h5-8H,19H2,1-4H3/t8-/m1/s1. The molecule has 0 aliphatic rings. The Morgan fingerprint density at radius 2 is 1.85 bits per heavy atom. The van der Waals surface area contributed by atoms with E-state index < -0.39 is 34.7 Å². The maximum Gasteiger partial charge on any atom is 0.340 e. The van der Waals surface area contributed by atoms with Crippen LogP contribution in [0.2, 0.25) is 5.02 Å². The van der Waals surface area contributed by atoms with Crippen molar-refractivity contribution >= 4 is 40.9 Å². The summed E-state index contributed by atoms with van der Waals surface area (Å²) in [6, 6.07) is 4.84. The highest BCUT2D eigenvalue weighted by atomic mass is 35.5. The molecule has 10 heteroatoms. The zero-order chi connectivity index (χ0) is 20.5. The van der Waals surface area contributed by atoms with Crippen molar-refractivity contribution in [2.24, 2.45) is 14.1 Å². The Bertz CT molecular complexity index is 1040. The van der Waals surface area contributed by atoms with Crippen molar-refractivity contribution in [2.45, 2.75) is 17.9 Å². The molecule has 8 nitrogen and oxygen atoms in total. The summed E-state index contributed by atoms with van der Waals surface area (Å²) in [7, 11) is 2.56. The van der Waals surface area contributed by atoms with Crippen LogP contribution in [0.4, 0.5) is 5.82 Å². The summed E-state index contributed by atoms with van der Waals surface area (Å²) in [5.74, 6) is -1.91. The number of rotatable bonds is 5. The second kappa shape index (κ2) is 8.01. The zero-order valence-corrected chi connectivity index (χ0v) is 16.7. The Morgan fingerprint density at radius 3 is 2.44 bits per heavy atom. The molecule has 0 unspecified atom stereocenters. The molecule has 1 heterocycles. The molecular weight excluding hydrogens is 394 g/mol. The minimum absolute atomic E-state index is 0.101. The van der Waals surface area contributed by atoms with Gasteiger partial charge in [0.2, 0.25) is 5.78 Å². The number of hydrogen-bond acceptors (Lipinski definition) is 7. The Morgan fingerprint density at radius 1 is 1.22 bits per heavy atom. The minimum Gasteiger partial charge on any atom is -0.451 e. The maximum atomic E-state index is 12.7. The van der Waals surface area contributed by atoms with Crippen molar-refractivity contribution < 1.29 is 14.3 Å². The molecular formula is C17H18ClN3O5S. The van der Waals surface area contributed by atoms with Crippen LogP contribution in [-0.2, 0) is 18.8 Å². The van der Waals surface area contributed by atoms with E-state index in [2.05, 4.69) is 0 Å². The normalized spacial score (nSPS) is 11.9. The lowest BCUT2D eigenvalue weighted by molar-refractivity contribution is 0.0318. The highest BCUT2D eigenvalue weighted by molar-refractivity contribution is 7.98. The largest absolute Gasteiger partial charge is 0.451 e. The number of carbonyl (C=O) groups is 2. The number of thioether (sulfide) groups is 1. The van der Waals surface area contributed by atoms with E-state index in [1.807, 2.05) is 6.26 Å². The molecule has 0 radical (unpaired) electrons. The second-order valence-electron chi connectivity index (χ2n) is 5.72. The van der Waals surface area contributed by atoms with Crippen molar-refractivity contribution in [3.05, 3.63) is 55.2 Å². The van der Waals surface area contributed by atoms with Crippen LogP contribution in [0.3, 0.4) is 0 Å². The molecule has 0 amide bonds. The summed E-state index contributed by atoms with van der Waals surface area (Å²) >= 11 is 7.44. The number of esters is 1. The van der Waals surface area contributed by atoms with E-state index in [4.69, 9.17) is 22.1 Å². The van der Waals surface area contributed by atoms with Crippen LogP contribution in [0, 0.1) is 0 Å². The third-order valence-corrected chi connectivity index (χ3v) is 5.06. The fraction of sp³-hybridized carbons (Fsp3) is 0.294. The predicted molar refractivity (Wildman–Crippen MR) is 104 cm³/mol. The van der Waals surface area contributed by atoms with E-state index in [-0.39, 0.29) is 16.4 Å². The average molecular weight is 412 g/mol. The highest BCUT2D eigenvalue weighted by Gasteiger charge is 2.28. The third kappa shape index (κ3) is 3.93. The number of anilines is 1. The van der Waals surface area contributed by atoms with Crippen LogP contribution < -0.4 is 17.0 Å². The van der Waals surface area contributed by atoms with Gasteiger partial charge in [0.15, 0.2) is 6.10 Å². The quantitative estimate of drug-likeness (QED) is 0.450. The lowest BCUT2D eigenvalue weighted by atomic mass is 10.1. The average Bonchev–Trinajstić information content (AvgIpc) is 2.65. The number of ketones is 1. The van der Waals surface area contributed by atoms with Gasteiger partial charge in [0.25, 0.3) is 5.56 Å². The van der Waals surface area contributed by atoms with Gasteiger partial charge in [-0.1, -0.05) is 11.6 Å². The lowest BCUT2D eigenvalue weighted by Gasteiger charge is -2.16. The summed E-state index contributed by atoms with van der Waals surface area (Å²) < 4.78 is 6.91. The van der Waals surface area contributed by atoms with Gasteiger partial charge in [-0.25, -0.2) is 9.59 Å². The Labute approximate surface area is 163 Å². The van der Waals surface area contributed by atoms with E-state index in [0.717, 1.165) is 14.0 Å². The lowest BCUT2D eigenvalue weighted by Crippen LogP contribution is -2.43. The van der Waals surface area contributed by atoms with Gasteiger partial charge >= 0.3 is 11.7 Å². The first kappa shape index (κ1) is 20.8.